The topological polar surface area (TPSA) is 59.8 Å². The first-order valence-electron chi connectivity index (χ1n) is 7.67. The molecule has 3 rings (SSSR count). The fourth-order valence-electron chi connectivity index (χ4n) is 2.31. The van der Waals surface area contributed by atoms with Crippen LogP contribution in [0.2, 0.25) is 0 Å². The first-order valence-corrected chi connectivity index (χ1v) is 8.66. The van der Waals surface area contributed by atoms with E-state index in [-0.39, 0.29) is 5.91 Å². The highest BCUT2D eigenvalue weighted by Gasteiger charge is 2.26. The largest absolute Gasteiger partial charge is 0.325 e. The van der Waals surface area contributed by atoms with Crippen molar-refractivity contribution in [1.82, 2.24) is 14.8 Å². The first-order chi connectivity index (χ1) is 10.8. The van der Waals surface area contributed by atoms with Gasteiger partial charge in [0.05, 0.1) is 5.75 Å². The number of carbonyl (C=O) groups is 1. The van der Waals surface area contributed by atoms with E-state index in [0.29, 0.717) is 11.8 Å². The highest BCUT2D eigenvalue weighted by molar-refractivity contribution is 7.99. The number of benzene rings is 1. The van der Waals surface area contributed by atoms with E-state index in [0.717, 1.165) is 23.7 Å². The number of rotatable bonds is 7. The average Bonchev–Trinajstić information content (AvgIpc) is 3.26. The van der Waals surface area contributed by atoms with Gasteiger partial charge < -0.3 is 9.88 Å². The lowest BCUT2D eigenvalue weighted by Gasteiger charge is -2.07. The predicted octanol–water partition coefficient (Wildman–Crippen LogP) is 3.30. The standard InChI is InChI=1S/C16H20N4OS/c1-2-3-12-4-6-13(7-5-12)18-15(21)10-22-16-19-17-11-20(16)14-8-9-14/h4-7,11,14H,2-3,8-10H2,1H3,(H,18,21). The molecule has 0 spiro atoms. The SMILES string of the molecule is CCCc1ccc(NC(=O)CSc2nncn2C2CC2)cc1. The Morgan fingerprint density at radius 1 is 1.36 bits per heavy atom. The highest BCUT2D eigenvalue weighted by Crippen LogP contribution is 2.37. The van der Waals surface area contributed by atoms with Gasteiger partial charge >= 0.3 is 0 Å². The molecule has 0 saturated heterocycles. The van der Waals surface area contributed by atoms with Crippen LogP contribution in [0.5, 0.6) is 0 Å². The Hall–Kier alpha value is -1.82. The Bertz CT molecular complexity index is 634. The van der Waals surface area contributed by atoms with Crippen LogP contribution in [0.1, 0.15) is 37.8 Å². The number of nitrogens with zero attached hydrogens (tertiary/aromatic N) is 3. The van der Waals surface area contributed by atoms with E-state index < -0.39 is 0 Å². The Balaban J connectivity index is 1.50. The molecule has 1 amide bonds. The second-order valence-electron chi connectivity index (χ2n) is 5.54. The zero-order valence-corrected chi connectivity index (χ0v) is 13.5. The molecule has 1 aromatic carbocycles. The third-order valence-electron chi connectivity index (χ3n) is 3.59. The number of aryl methyl sites for hydroxylation is 1. The summed E-state index contributed by atoms with van der Waals surface area (Å²) >= 11 is 1.44. The smallest absolute Gasteiger partial charge is 0.234 e. The van der Waals surface area contributed by atoms with Crippen LogP contribution >= 0.6 is 11.8 Å². The van der Waals surface area contributed by atoms with Gasteiger partial charge in [0, 0.05) is 11.7 Å². The molecule has 1 N–H and O–H groups in total. The number of amides is 1. The van der Waals surface area contributed by atoms with Crippen molar-refractivity contribution >= 4 is 23.4 Å². The lowest BCUT2D eigenvalue weighted by atomic mass is 10.1. The summed E-state index contributed by atoms with van der Waals surface area (Å²) in [6, 6.07) is 8.58. The maximum atomic E-state index is 12.0. The summed E-state index contributed by atoms with van der Waals surface area (Å²) in [5, 5.41) is 11.8. The molecule has 0 atom stereocenters. The van der Waals surface area contributed by atoms with E-state index in [9.17, 15) is 4.79 Å². The maximum Gasteiger partial charge on any atom is 0.234 e. The van der Waals surface area contributed by atoms with Crippen molar-refractivity contribution in [3.8, 4) is 0 Å². The number of hydrogen-bond donors (Lipinski definition) is 1. The summed E-state index contributed by atoms with van der Waals surface area (Å²) in [7, 11) is 0. The van der Waals surface area contributed by atoms with Crippen molar-refractivity contribution in [1.29, 1.82) is 0 Å². The number of anilines is 1. The van der Waals surface area contributed by atoms with Crippen molar-refractivity contribution < 1.29 is 4.79 Å². The maximum absolute atomic E-state index is 12.0. The van der Waals surface area contributed by atoms with Crippen LogP contribution in [0.3, 0.4) is 0 Å². The van der Waals surface area contributed by atoms with Gasteiger partial charge in [-0.2, -0.15) is 0 Å². The fourth-order valence-corrected chi connectivity index (χ4v) is 3.09. The monoisotopic (exact) mass is 316 g/mol. The summed E-state index contributed by atoms with van der Waals surface area (Å²) in [4.78, 5) is 12.0. The number of hydrogen-bond acceptors (Lipinski definition) is 4. The van der Waals surface area contributed by atoms with Gasteiger partial charge in [-0.1, -0.05) is 37.2 Å². The van der Waals surface area contributed by atoms with E-state index in [2.05, 4.69) is 39.1 Å². The number of carbonyl (C=O) groups excluding carboxylic acids is 1. The number of thioether (sulfide) groups is 1. The summed E-state index contributed by atoms with van der Waals surface area (Å²) in [6.45, 7) is 2.16. The van der Waals surface area contributed by atoms with Gasteiger partial charge in [0.2, 0.25) is 5.91 Å². The molecule has 22 heavy (non-hydrogen) atoms. The van der Waals surface area contributed by atoms with Gasteiger partial charge in [-0.25, -0.2) is 0 Å². The highest BCUT2D eigenvalue weighted by atomic mass is 32.2. The van der Waals surface area contributed by atoms with Gasteiger partial charge in [-0.05, 0) is 37.0 Å². The third-order valence-corrected chi connectivity index (χ3v) is 4.55. The summed E-state index contributed by atoms with van der Waals surface area (Å²) in [5.41, 5.74) is 2.14. The van der Waals surface area contributed by atoms with Crippen molar-refractivity contribution in [2.75, 3.05) is 11.1 Å². The molecule has 1 fully saturated rings. The molecule has 0 radical (unpaired) electrons. The zero-order chi connectivity index (χ0) is 15.4. The molecule has 1 aliphatic carbocycles. The summed E-state index contributed by atoms with van der Waals surface area (Å²) in [6.07, 6.45) is 6.32. The Morgan fingerprint density at radius 3 is 2.82 bits per heavy atom. The molecule has 5 nitrogen and oxygen atoms in total. The molecule has 0 aliphatic heterocycles. The van der Waals surface area contributed by atoms with Gasteiger partial charge in [0.15, 0.2) is 5.16 Å². The van der Waals surface area contributed by atoms with Gasteiger partial charge in [-0.15, -0.1) is 10.2 Å². The molecular weight excluding hydrogens is 296 g/mol. The van der Waals surface area contributed by atoms with Crippen LogP contribution in [-0.2, 0) is 11.2 Å². The van der Waals surface area contributed by atoms with Crippen molar-refractivity contribution in [2.45, 2.75) is 43.8 Å². The van der Waals surface area contributed by atoms with Gasteiger partial charge in [0.25, 0.3) is 0 Å². The number of aromatic nitrogens is 3. The molecule has 1 heterocycles. The van der Waals surface area contributed by atoms with E-state index in [1.807, 2.05) is 12.1 Å². The molecule has 0 bridgehead atoms. The summed E-state index contributed by atoms with van der Waals surface area (Å²) < 4.78 is 2.07. The van der Waals surface area contributed by atoms with Gasteiger partial charge in [0.1, 0.15) is 6.33 Å². The predicted molar refractivity (Wildman–Crippen MR) is 88.1 cm³/mol. The molecule has 1 aromatic heterocycles. The van der Waals surface area contributed by atoms with Crippen LogP contribution < -0.4 is 5.32 Å². The molecule has 6 heteroatoms. The van der Waals surface area contributed by atoms with E-state index >= 15 is 0 Å². The van der Waals surface area contributed by atoms with Crippen LogP contribution in [0.4, 0.5) is 5.69 Å². The van der Waals surface area contributed by atoms with E-state index in [4.69, 9.17) is 0 Å². The minimum Gasteiger partial charge on any atom is -0.325 e. The molecule has 1 aliphatic rings. The van der Waals surface area contributed by atoms with Gasteiger partial charge in [-0.3, -0.25) is 4.79 Å². The lowest BCUT2D eigenvalue weighted by molar-refractivity contribution is -0.113. The second kappa shape index (κ2) is 6.96. The van der Waals surface area contributed by atoms with Crippen LogP contribution in [0.15, 0.2) is 35.7 Å². The zero-order valence-electron chi connectivity index (χ0n) is 12.7. The van der Waals surface area contributed by atoms with Crippen molar-refractivity contribution in [3.63, 3.8) is 0 Å². The molecular formula is C16H20N4OS. The van der Waals surface area contributed by atoms with E-state index in [1.165, 1.54) is 30.2 Å². The van der Waals surface area contributed by atoms with Crippen LogP contribution in [-0.4, -0.2) is 26.4 Å². The van der Waals surface area contributed by atoms with Crippen molar-refractivity contribution in [2.24, 2.45) is 0 Å². The van der Waals surface area contributed by atoms with Crippen LogP contribution in [0, 0.1) is 0 Å². The second-order valence-corrected chi connectivity index (χ2v) is 6.48. The Morgan fingerprint density at radius 2 is 2.14 bits per heavy atom. The Labute approximate surface area is 134 Å². The summed E-state index contributed by atoms with van der Waals surface area (Å²) in [5.74, 6) is 0.334. The quantitative estimate of drug-likeness (QED) is 0.796. The minimum absolute atomic E-state index is 0.0152. The first kappa shape index (κ1) is 15.1. The lowest BCUT2D eigenvalue weighted by Crippen LogP contribution is -2.14. The van der Waals surface area contributed by atoms with Crippen LogP contribution in [0.25, 0.3) is 0 Å². The van der Waals surface area contributed by atoms with E-state index in [1.54, 1.807) is 6.33 Å². The third kappa shape index (κ3) is 3.88. The number of nitrogens with one attached hydrogen (secondary N) is 1. The average molecular weight is 316 g/mol. The minimum atomic E-state index is -0.0152. The molecule has 0 unspecified atom stereocenters. The molecule has 2 aromatic rings. The fraction of sp³-hybridized carbons (Fsp3) is 0.438. The van der Waals surface area contributed by atoms with Crippen molar-refractivity contribution in [3.05, 3.63) is 36.2 Å². The normalized spacial score (nSPS) is 14.0. The molecule has 1 saturated carbocycles. The Kier molecular flexibility index (Phi) is 4.77. The molecule has 116 valence electrons.